The van der Waals surface area contributed by atoms with Gasteiger partial charge >= 0.3 is 6.03 Å². The van der Waals surface area contributed by atoms with E-state index in [9.17, 15) is 10.1 Å². The van der Waals surface area contributed by atoms with Gasteiger partial charge in [0.25, 0.3) is 0 Å². The highest BCUT2D eigenvalue weighted by atomic mass is 35.5. The first-order valence-electron chi connectivity index (χ1n) is 11.5. The molecule has 0 spiro atoms. The average Bonchev–Trinajstić information content (AvgIpc) is 3.64. The molecule has 0 fully saturated rings. The summed E-state index contributed by atoms with van der Waals surface area (Å²) in [6, 6.07) is 15.6. The van der Waals surface area contributed by atoms with Crippen molar-refractivity contribution >= 4 is 29.0 Å². The van der Waals surface area contributed by atoms with E-state index in [0.717, 1.165) is 11.3 Å². The van der Waals surface area contributed by atoms with E-state index in [1.165, 1.54) is 16.0 Å². The molecule has 12 heteroatoms. The Hall–Kier alpha value is -4.56. The Balaban J connectivity index is 1.34. The second-order valence-electron chi connectivity index (χ2n) is 9.54. The number of hydrazone groups is 1. The molecule has 0 saturated heterocycles. The first kappa shape index (κ1) is 24.1. The van der Waals surface area contributed by atoms with Crippen molar-refractivity contribution in [2.24, 2.45) is 5.10 Å². The van der Waals surface area contributed by atoms with E-state index >= 15 is 0 Å². The van der Waals surface area contributed by atoms with Gasteiger partial charge in [0, 0.05) is 27.9 Å². The zero-order valence-electron chi connectivity index (χ0n) is 20.4. The van der Waals surface area contributed by atoms with Crippen molar-refractivity contribution in [3.63, 3.8) is 0 Å². The van der Waals surface area contributed by atoms with Crippen molar-refractivity contribution in [3.05, 3.63) is 82.9 Å². The van der Waals surface area contributed by atoms with Gasteiger partial charge in [-0.2, -0.15) is 15.5 Å². The Morgan fingerprint density at radius 1 is 1.14 bits per heavy atom. The Morgan fingerprint density at radius 3 is 2.49 bits per heavy atom. The Labute approximate surface area is 218 Å². The number of hydrogen-bond donors (Lipinski definition) is 1. The lowest BCUT2D eigenvalue weighted by Gasteiger charge is -2.16. The molecule has 5 rings (SSSR count). The van der Waals surface area contributed by atoms with Gasteiger partial charge in [-0.3, -0.25) is 4.68 Å². The Kier molecular flexibility index (Phi) is 6.19. The summed E-state index contributed by atoms with van der Waals surface area (Å²) >= 11 is 6.05. The second-order valence-corrected chi connectivity index (χ2v) is 9.98. The van der Waals surface area contributed by atoms with Crippen LogP contribution in [0.15, 0.2) is 66.0 Å². The molecule has 0 radical (unpaired) electrons. The van der Waals surface area contributed by atoms with Crippen molar-refractivity contribution in [1.82, 2.24) is 35.0 Å². The number of rotatable bonds is 4. The fourth-order valence-corrected chi connectivity index (χ4v) is 3.88. The summed E-state index contributed by atoms with van der Waals surface area (Å²) in [7, 11) is 0. The Bertz CT molecular complexity index is 1510. The third-order valence-electron chi connectivity index (χ3n) is 5.75. The standard InChI is InChI=1S/C25H23ClN10O/c1-25(2,3)23-30-33-36(32-23)20-10-8-19(9-11-20)29-24(37)35-15-21(34-14-16(12-27)13-28-34)22(31-35)17-4-6-18(26)7-5-17/h4-11,13-14,21H,15H2,1-3H3,(H,29,37). The van der Waals surface area contributed by atoms with Gasteiger partial charge in [-0.05, 0) is 41.6 Å². The molecule has 1 atom stereocenters. The van der Waals surface area contributed by atoms with Crippen molar-refractivity contribution < 1.29 is 4.79 Å². The minimum atomic E-state index is -0.400. The Morgan fingerprint density at radius 2 is 1.86 bits per heavy atom. The molecular weight excluding hydrogens is 492 g/mol. The maximum atomic E-state index is 13.1. The van der Waals surface area contributed by atoms with E-state index in [4.69, 9.17) is 11.6 Å². The molecule has 11 nitrogen and oxygen atoms in total. The summed E-state index contributed by atoms with van der Waals surface area (Å²) in [6.45, 7) is 6.30. The molecule has 2 aromatic carbocycles. The number of tetrazole rings is 1. The third-order valence-corrected chi connectivity index (χ3v) is 6.00. The molecule has 1 aliphatic rings. The zero-order valence-corrected chi connectivity index (χ0v) is 21.1. The number of benzene rings is 2. The number of anilines is 1. The predicted octanol–water partition coefficient (Wildman–Crippen LogP) is 4.17. The van der Waals surface area contributed by atoms with Crippen LogP contribution in [0.25, 0.3) is 5.69 Å². The lowest BCUT2D eigenvalue weighted by Crippen LogP contribution is -2.31. The predicted molar refractivity (Wildman–Crippen MR) is 138 cm³/mol. The van der Waals surface area contributed by atoms with Gasteiger partial charge in [-0.15, -0.1) is 15.0 Å². The fraction of sp³-hybridized carbons (Fsp3) is 0.240. The summed E-state index contributed by atoms with van der Waals surface area (Å²) in [5.74, 6) is 0.641. The van der Waals surface area contributed by atoms with Gasteiger partial charge < -0.3 is 5.32 Å². The normalized spacial score (nSPS) is 15.4. The van der Waals surface area contributed by atoms with Gasteiger partial charge in [-0.1, -0.05) is 44.5 Å². The highest BCUT2D eigenvalue weighted by molar-refractivity contribution is 6.30. The SMILES string of the molecule is CC(C)(C)c1nnn(-c2ccc(NC(=O)N3CC(n4cc(C#N)cn4)C(c4ccc(Cl)cc4)=N3)cc2)n1. The second kappa shape index (κ2) is 9.48. The number of nitrogens with zero attached hydrogens (tertiary/aromatic N) is 9. The van der Waals surface area contributed by atoms with Crippen molar-refractivity contribution in [3.8, 4) is 11.8 Å². The van der Waals surface area contributed by atoms with E-state index in [-0.39, 0.29) is 18.0 Å². The van der Waals surface area contributed by atoms with Gasteiger partial charge in [0.15, 0.2) is 5.82 Å². The van der Waals surface area contributed by atoms with E-state index in [0.29, 0.717) is 27.8 Å². The molecule has 186 valence electrons. The number of halogens is 1. The highest BCUT2D eigenvalue weighted by Crippen LogP contribution is 2.26. The number of carbonyl (C=O) groups is 1. The number of aromatic nitrogens is 6. The molecule has 2 amide bonds. The summed E-state index contributed by atoms with van der Waals surface area (Å²) in [5, 5.41) is 35.6. The van der Waals surface area contributed by atoms with Crippen LogP contribution in [-0.4, -0.2) is 53.3 Å². The van der Waals surface area contributed by atoms with Gasteiger partial charge in [0.05, 0.1) is 29.7 Å². The molecule has 1 N–H and O–H groups in total. The number of hydrogen-bond acceptors (Lipinski definition) is 7. The van der Waals surface area contributed by atoms with Gasteiger partial charge in [0.1, 0.15) is 12.1 Å². The van der Waals surface area contributed by atoms with E-state index in [1.54, 1.807) is 47.3 Å². The maximum absolute atomic E-state index is 13.1. The van der Waals surface area contributed by atoms with Crippen LogP contribution in [0.2, 0.25) is 5.02 Å². The van der Waals surface area contributed by atoms with E-state index in [2.05, 4.69) is 37.0 Å². The van der Waals surface area contributed by atoms with Crippen LogP contribution >= 0.6 is 11.6 Å². The highest BCUT2D eigenvalue weighted by Gasteiger charge is 2.33. The molecule has 37 heavy (non-hydrogen) atoms. The van der Waals surface area contributed by atoms with Crippen LogP contribution < -0.4 is 5.32 Å². The minimum Gasteiger partial charge on any atom is -0.306 e. The lowest BCUT2D eigenvalue weighted by molar-refractivity contribution is 0.215. The molecule has 1 unspecified atom stereocenters. The summed E-state index contributed by atoms with van der Waals surface area (Å²) in [5.41, 5.74) is 2.96. The molecule has 0 saturated carbocycles. The number of nitriles is 1. The van der Waals surface area contributed by atoms with Crippen LogP contribution in [0, 0.1) is 11.3 Å². The minimum absolute atomic E-state index is 0.211. The zero-order chi connectivity index (χ0) is 26.2. The average molecular weight is 515 g/mol. The quantitative estimate of drug-likeness (QED) is 0.435. The molecule has 0 aliphatic carbocycles. The summed E-state index contributed by atoms with van der Waals surface area (Å²) < 4.78 is 1.64. The van der Waals surface area contributed by atoms with E-state index < -0.39 is 6.03 Å². The number of carbonyl (C=O) groups excluding carboxylic acids is 1. The monoisotopic (exact) mass is 514 g/mol. The fourth-order valence-electron chi connectivity index (χ4n) is 3.75. The van der Waals surface area contributed by atoms with Crippen LogP contribution in [0.4, 0.5) is 10.5 Å². The summed E-state index contributed by atoms with van der Waals surface area (Å²) in [4.78, 5) is 14.6. The smallest absolute Gasteiger partial charge is 0.306 e. The first-order valence-corrected chi connectivity index (χ1v) is 11.9. The molecule has 4 aromatic rings. The lowest BCUT2D eigenvalue weighted by atomic mass is 9.96. The van der Waals surface area contributed by atoms with Crippen LogP contribution in [0.1, 0.15) is 43.8 Å². The molecular formula is C25H23ClN10O. The number of nitrogens with one attached hydrogen (secondary N) is 1. The van der Waals surface area contributed by atoms with Crippen LogP contribution in [0.5, 0.6) is 0 Å². The first-order chi connectivity index (χ1) is 17.7. The number of urea groups is 1. The molecule has 2 aromatic heterocycles. The molecule has 3 heterocycles. The maximum Gasteiger partial charge on any atom is 0.342 e. The summed E-state index contributed by atoms with van der Waals surface area (Å²) in [6.07, 6.45) is 3.12. The van der Waals surface area contributed by atoms with Crippen LogP contribution in [-0.2, 0) is 5.41 Å². The van der Waals surface area contributed by atoms with Gasteiger partial charge in [-0.25, -0.2) is 9.80 Å². The molecule has 1 aliphatic heterocycles. The van der Waals surface area contributed by atoms with Crippen LogP contribution in [0.3, 0.4) is 0 Å². The van der Waals surface area contributed by atoms with Crippen molar-refractivity contribution in [1.29, 1.82) is 5.26 Å². The largest absolute Gasteiger partial charge is 0.342 e. The molecule has 0 bridgehead atoms. The van der Waals surface area contributed by atoms with Crippen molar-refractivity contribution in [2.45, 2.75) is 32.2 Å². The van der Waals surface area contributed by atoms with E-state index in [1.807, 2.05) is 32.9 Å². The van der Waals surface area contributed by atoms with Gasteiger partial charge in [0.2, 0.25) is 0 Å². The number of amides is 2. The van der Waals surface area contributed by atoms with Crippen molar-refractivity contribution in [2.75, 3.05) is 11.9 Å². The topological polar surface area (TPSA) is 130 Å². The third kappa shape index (κ3) is 5.05.